The molecule has 16 atom stereocenters. The summed E-state index contributed by atoms with van der Waals surface area (Å²) in [5.74, 6) is 70.9. The van der Waals surface area contributed by atoms with Crippen molar-refractivity contribution >= 4 is 5.97 Å². The number of rotatable bonds is 29. The number of ether oxygens (including phenoxy) is 13. The standard InChI is InChI=1S/C58H58O8.C32H56O7.24H2/c1-9-11-13-15-17-19-21-23-24-25-26-27-28-29-30-31-32-33-35-37-39-41-43-45-53(59)62-51(46-60-56-49(4)48(3)54-52(63-56)47-61-57(5,6)65-54)55-50(64-58(7,8)66-55)44-42-40-38-36-34-22-20-18-16-14-12-10-2;1-8-9-10-11-12-13-14-15-16-17-18-19-20-26-29(39-32(6,7)37-26)25(33)21-34-30-24(3)23(2)28-27(36-30)22-35-31(4,5)38-28;;;;;;;;;;;;;;;;;;;;;;;;/h48-52,54-56H,10,12,14,16,18,34,36,38,40,42,44,46-47H2,1-8H3;23-30,33H,8-12,15-22H2,1-7H3;24*1H/t48?,49?,50-,51+,52?,54?,55-,56?;23?,24?,25-,26+,27?,28?,29-,30?;;;;;;;;;;;;;;;;;;;;;;;;/m10......................../s1. The topological polar surface area (TPSA) is 157 Å². The molecule has 0 aromatic rings. The maximum atomic E-state index is 13.2. The molecule has 15 nitrogen and oxygen atoms in total. The molecule has 612 valence electrons. The van der Waals surface area contributed by atoms with Gasteiger partial charge in [0, 0.05) is 113 Å². The number of aliphatic hydroxyl groups excluding tert-OH is 1. The normalized spacial score (nSPS) is 26.6. The maximum Gasteiger partial charge on any atom is 0.385 e. The van der Waals surface area contributed by atoms with Crippen molar-refractivity contribution in [2.75, 3.05) is 26.4 Å². The smallest absolute Gasteiger partial charge is 0.385 e. The average molecular weight is 1480 g/mol. The molecule has 1 N–H and O–H groups in total. The van der Waals surface area contributed by atoms with Crippen LogP contribution in [0.5, 0.6) is 0 Å². The van der Waals surface area contributed by atoms with E-state index in [0.29, 0.717) is 13.2 Å². The minimum atomic E-state index is -0.900. The highest BCUT2D eigenvalue weighted by Gasteiger charge is 2.52. The lowest BCUT2D eigenvalue weighted by Gasteiger charge is -2.50. The fourth-order valence-corrected chi connectivity index (χ4v) is 12.7. The van der Waals surface area contributed by atoms with E-state index < -0.39 is 66.1 Å². The van der Waals surface area contributed by atoms with E-state index >= 15 is 0 Å². The van der Waals surface area contributed by atoms with Crippen molar-refractivity contribution in [3.63, 3.8) is 0 Å². The van der Waals surface area contributed by atoms with E-state index in [1.807, 2.05) is 55.4 Å². The Bertz CT molecular complexity index is 3780. The Kier molecular flexibility index (Phi) is 41.2. The lowest BCUT2D eigenvalue weighted by Crippen LogP contribution is -2.59. The minimum absolute atomic E-state index is 0. The number of carbonyl (C=O) groups is 1. The molecule has 15 heteroatoms. The number of hydrogen-bond donors (Lipinski definition) is 1. The summed E-state index contributed by atoms with van der Waals surface area (Å²) in [7, 11) is 0. The van der Waals surface area contributed by atoms with Gasteiger partial charge in [0.2, 0.25) is 0 Å². The molecule has 0 radical (unpaired) electrons. The molecule has 0 amide bonds. The van der Waals surface area contributed by atoms with Crippen LogP contribution < -0.4 is 0 Å². The van der Waals surface area contributed by atoms with Gasteiger partial charge in [-0.05, 0) is 207 Å². The Morgan fingerprint density at radius 3 is 1.15 bits per heavy atom. The van der Waals surface area contributed by atoms with Crippen molar-refractivity contribution in [1.82, 2.24) is 0 Å². The van der Waals surface area contributed by atoms with Gasteiger partial charge < -0.3 is 66.7 Å². The molecular formula is C90H162O15. The molecular weight excluding hydrogens is 1320 g/mol. The highest BCUT2D eigenvalue weighted by atomic mass is 16.8. The van der Waals surface area contributed by atoms with Crippen LogP contribution in [0.4, 0.5) is 0 Å². The largest absolute Gasteiger partial charge is 0.447 e. The molecule has 0 aliphatic carbocycles. The van der Waals surface area contributed by atoms with Crippen LogP contribution in [0.1, 0.15) is 279 Å². The second-order valence-corrected chi connectivity index (χ2v) is 28.9. The first-order valence-electron chi connectivity index (χ1n) is 38.1. The minimum Gasteiger partial charge on any atom is -0.447 e. The van der Waals surface area contributed by atoms with Crippen molar-refractivity contribution in [3.05, 3.63) is 0 Å². The SMILES string of the molecule is CC#CC#CC#CC#CC#CC#CC#CC#CC#CC#CC#CC#CC(=O)O[C@@H](COC1OC2COC(C)(C)OC2C(C)C1C)[C@@H]1OC(C)(C)O[C@@H]1CCCCCCC#CCCCCCC.CCCCCCC#CCCCCCC[C@H]1OC(C)(C)O[C@H]1[C@@H](O)COC1OC2COC(C)(C)OC2C(C)C1C.[HH].[HH].[HH].[HH].[HH].[HH].[HH].[HH].[HH].[HH].[HH].[HH].[HH].[HH].[HH].[HH].[HH].[HH].[HH].[HH].[HH].[HH].[HH].[HH]. The zero-order valence-electron chi connectivity index (χ0n) is 65.3. The highest BCUT2D eigenvalue weighted by molar-refractivity contribution is 5.89. The third-order valence-electron chi connectivity index (χ3n) is 18.5. The third-order valence-corrected chi connectivity index (χ3v) is 18.5. The van der Waals surface area contributed by atoms with Crippen molar-refractivity contribution in [2.24, 2.45) is 23.7 Å². The van der Waals surface area contributed by atoms with Crippen molar-refractivity contribution in [3.8, 4) is 166 Å². The van der Waals surface area contributed by atoms with Gasteiger partial charge in [0.15, 0.2) is 41.8 Å². The van der Waals surface area contributed by atoms with Gasteiger partial charge in [-0.25, -0.2) is 4.79 Å². The first-order valence-corrected chi connectivity index (χ1v) is 38.1. The first-order chi connectivity index (χ1) is 50.5. The summed E-state index contributed by atoms with van der Waals surface area (Å²) in [5.41, 5.74) is 0. The summed E-state index contributed by atoms with van der Waals surface area (Å²) in [4.78, 5) is 13.2. The van der Waals surface area contributed by atoms with Gasteiger partial charge in [-0.15, -0.1) is 23.7 Å². The summed E-state index contributed by atoms with van der Waals surface area (Å²) >= 11 is 0. The average Bonchev–Trinajstić information content (AvgIpc) is 1.77. The summed E-state index contributed by atoms with van der Waals surface area (Å²) in [6.07, 6.45) is 19.2. The van der Waals surface area contributed by atoms with E-state index in [-0.39, 0.29) is 108 Å². The van der Waals surface area contributed by atoms with Gasteiger partial charge in [-0.3, -0.25) is 0 Å². The molecule has 6 aliphatic rings. The fourth-order valence-electron chi connectivity index (χ4n) is 12.7. The fraction of sp³-hybridized carbons (Fsp3) is 0.678. The van der Waals surface area contributed by atoms with Crippen LogP contribution in [-0.4, -0.2) is 134 Å². The predicted molar refractivity (Wildman–Crippen MR) is 457 cm³/mol. The van der Waals surface area contributed by atoms with Crippen molar-refractivity contribution in [2.45, 2.75) is 342 Å². The molecule has 6 fully saturated rings. The molecule has 6 saturated heterocycles. The summed E-state index contributed by atoms with van der Waals surface area (Å²) in [6, 6.07) is 0. The lowest BCUT2D eigenvalue weighted by atomic mass is 9.84. The highest BCUT2D eigenvalue weighted by Crippen LogP contribution is 2.42. The Morgan fingerprint density at radius 2 is 0.762 bits per heavy atom. The van der Waals surface area contributed by atoms with Gasteiger partial charge in [-0.2, -0.15) is 0 Å². The zero-order chi connectivity index (χ0) is 76.2. The van der Waals surface area contributed by atoms with E-state index in [1.165, 1.54) is 57.8 Å². The molecule has 0 aromatic carbocycles. The van der Waals surface area contributed by atoms with Crippen LogP contribution in [0.2, 0.25) is 0 Å². The molecule has 6 aliphatic heterocycles. The number of hydrogen-bond acceptors (Lipinski definition) is 15. The van der Waals surface area contributed by atoms with Crippen LogP contribution in [0.15, 0.2) is 0 Å². The van der Waals surface area contributed by atoms with Gasteiger partial charge in [0.25, 0.3) is 0 Å². The van der Waals surface area contributed by atoms with Gasteiger partial charge in [0.1, 0.15) is 30.5 Å². The van der Waals surface area contributed by atoms with E-state index in [0.717, 1.165) is 83.5 Å². The molecule has 10 unspecified atom stereocenters. The maximum absolute atomic E-state index is 13.2. The van der Waals surface area contributed by atoms with Crippen LogP contribution >= 0.6 is 0 Å². The quantitative estimate of drug-likeness (QED) is 0.0326. The molecule has 6 rings (SSSR count). The van der Waals surface area contributed by atoms with E-state index in [2.05, 4.69) is 207 Å². The molecule has 105 heavy (non-hydrogen) atoms. The predicted octanol–water partition coefficient (Wildman–Crippen LogP) is 19.2. The van der Waals surface area contributed by atoms with Crippen LogP contribution in [0.3, 0.4) is 0 Å². The number of unbranched alkanes of at least 4 members (excludes halogenated alkanes) is 16. The summed E-state index contributed by atoms with van der Waals surface area (Å²) in [5, 5.41) is 11.1. The van der Waals surface area contributed by atoms with E-state index in [4.69, 9.17) is 61.6 Å². The number of carbonyl (C=O) groups excluding carboxylic acids is 1. The zero-order valence-corrected chi connectivity index (χ0v) is 65.3. The first kappa shape index (κ1) is 88.4. The van der Waals surface area contributed by atoms with Crippen LogP contribution in [0, 0.1) is 189 Å². The molecule has 6 heterocycles. The van der Waals surface area contributed by atoms with E-state index in [1.54, 1.807) is 6.92 Å². The Hall–Kier alpha value is -7.21. The van der Waals surface area contributed by atoms with Gasteiger partial charge in [-0.1, -0.05) is 125 Å². The second kappa shape index (κ2) is 48.9. The third kappa shape index (κ3) is 34.9. The molecule has 0 aromatic heterocycles. The number of aliphatic hydroxyl groups is 1. The second-order valence-electron chi connectivity index (χ2n) is 28.9. The molecule has 0 saturated carbocycles. The summed E-state index contributed by atoms with van der Waals surface area (Å²) < 4.78 is 80.3. The Balaban J connectivity index is -0.0000000929. The number of esters is 1. The lowest BCUT2D eigenvalue weighted by molar-refractivity contribution is -0.369. The van der Waals surface area contributed by atoms with Crippen LogP contribution in [-0.2, 0) is 66.4 Å². The Morgan fingerprint density at radius 1 is 0.419 bits per heavy atom. The van der Waals surface area contributed by atoms with Crippen molar-refractivity contribution in [1.29, 1.82) is 0 Å². The van der Waals surface area contributed by atoms with Gasteiger partial charge in [0.05, 0.1) is 50.8 Å². The molecule has 0 spiro atoms. The van der Waals surface area contributed by atoms with E-state index in [9.17, 15) is 9.90 Å². The monoisotopic (exact) mass is 1480 g/mol. The van der Waals surface area contributed by atoms with Crippen LogP contribution in [0.25, 0.3) is 0 Å². The van der Waals surface area contributed by atoms with Gasteiger partial charge >= 0.3 is 5.97 Å². The number of fused-ring (bicyclic) bond motifs is 2. The Labute approximate surface area is 667 Å². The molecule has 0 bridgehead atoms. The van der Waals surface area contributed by atoms with Crippen molar-refractivity contribution < 1.29 is 106 Å². The summed E-state index contributed by atoms with van der Waals surface area (Å²) in [6.45, 7) is 30.8.